The predicted octanol–water partition coefficient (Wildman–Crippen LogP) is 5.82. The smallest absolute Gasteiger partial charge is 0.332 e. The molecule has 2 aromatic heterocycles. The third-order valence-electron chi connectivity index (χ3n) is 7.43. The van der Waals surface area contributed by atoms with Gasteiger partial charge >= 0.3 is 6.03 Å². The van der Waals surface area contributed by atoms with Gasteiger partial charge in [0.1, 0.15) is 28.4 Å². The molecule has 4 heterocycles. The zero-order chi connectivity index (χ0) is 29.2. The first kappa shape index (κ1) is 27.7. The van der Waals surface area contributed by atoms with Crippen LogP contribution in [0.3, 0.4) is 0 Å². The van der Waals surface area contributed by atoms with Gasteiger partial charge in [0.15, 0.2) is 17.3 Å². The molecule has 11 nitrogen and oxygen atoms in total. The Kier molecular flexibility index (Phi) is 7.81. The first-order chi connectivity index (χ1) is 20.5. The Morgan fingerprint density at radius 3 is 2.60 bits per heavy atom. The number of thiophene rings is 1. The van der Waals surface area contributed by atoms with Crippen LogP contribution in [0.15, 0.2) is 42.7 Å². The van der Waals surface area contributed by atoms with Crippen LogP contribution in [0.4, 0.5) is 27.7 Å². The summed E-state index contributed by atoms with van der Waals surface area (Å²) in [5.41, 5.74) is 2.40. The maximum absolute atomic E-state index is 13.5. The van der Waals surface area contributed by atoms with Crippen molar-refractivity contribution < 1.29 is 23.8 Å². The van der Waals surface area contributed by atoms with Crippen molar-refractivity contribution in [2.24, 2.45) is 0 Å². The van der Waals surface area contributed by atoms with Gasteiger partial charge in [-0.3, -0.25) is 9.69 Å². The summed E-state index contributed by atoms with van der Waals surface area (Å²) in [6.45, 7) is 5.57. The van der Waals surface area contributed by atoms with Crippen LogP contribution < -0.4 is 29.7 Å². The number of benzene rings is 2. The van der Waals surface area contributed by atoms with E-state index in [0.717, 1.165) is 25.2 Å². The normalized spacial score (nSPS) is 14.9. The van der Waals surface area contributed by atoms with Crippen LogP contribution in [-0.4, -0.2) is 67.3 Å². The van der Waals surface area contributed by atoms with Crippen molar-refractivity contribution in [3.63, 3.8) is 0 Å². The van der Waals surface area contributed by atoms with Gasteiger partial charge in [0, 0.05) is 18.3 Å². The predicted molar refractivity (Wildman–Crippen MR) is 163 cm³/mol. The van der Waals surface area contributed by atoms with E-state index in [1.54, 1.807) is 38.5 Å². The molecule has 1 saturated heterocycles. The van der Waals surface area contributed by atoms with E-state index in [0.29, 0.717) is 61.8 Å². The number of urea groups is 1. The number of rotatable bonds is 9. The van der Waals surface area contributed by atoms with Crippen molar-refractivity contribution in [1.29, 1.82) is 0 Å². The first-order valence-corrected chi connectivity index (χ1v) is 14.7. The Morgan fingerprint density at radius 2 is 1.81 bits per heavy atom. The lowest BCUT2D eigenvalue weighted by Crippen LogP contribution is -2.35. The van der Waals surface area contributed by atoms with E-state index in [-0.39, 0.29) is 5.91 Å². The molecule has 0 radical (unpaired) electrons. The van der Waals surface area contributed by atoms with E-state index in [2.05, 4.69) is 25.5 Å². The molecular formula is C30H32N6O5S. The number of carbonyl (C=O) groups is 2. The minimum Gasteiger partial charge on any atom is -0.495 e. The summed E-state index contributed by atoms with van der Waals surface area (Å²) in [4.78, 5) is 40.6. The second-order valence-corrected chi connectivity index (χ2v) is 11.2. The maximum Gasteiger partial charge on any atom is 0.332 e. The number of anilines is 4. The highest BCUT2D eigenvalue weighted by Gasteiger charge is 2.35. The molecule has 0 unspecified atom stereocenters. The van der Waals surface area contributed by atoms with Gasteiger partial charge in [-0.2, -0.15) is 0 Å². The largest absolute Gasteiger partial charge is 0.495 e. The van der Waals surface area contributed by atoms with E-state index in [4.69, 9.17) is 14.2 Å². The second-order valence-electron chi connectivity index (χ2n) is 10.2. The number of piperidine rings is 1. The number of amides is 3. The molecule has 0 spiro atoms. The van der Waals surface area contributed by atoms with Crippen LogP contribution in [0.2, 0.25) is 0 Å². The summed E-state index contributed by atoms with van der Waals surface area (Å²) in [6, 6.07) is 10.4. The Balaban J connectivity index is 1.24. The molecular weight excluding hydrogens is 556 g/mol. The number of nitrogens with zero attached hydrogens (tertiary/aromatic N) is 4. The zero-order valence-corrected chi connectivity index (χ0v) is 24.5. The van der Waals surface area contributed by atoms with Crippen molar-refractivity contribution in [2.75, 3.05) is 56.0 Å². The number of carbonyl (C=O) groups excluding carboxylic acids is 2. The van der Waals surface area contributed by atoms with Gasteiger partial charge < -0.3 is 24.8 Å². The Hall–Kier alpha value is -4.42. The van der Waals surface area contributed by atoms with E-state index in [1.807, 2.05) is 19.1 Å². The summed E-state index contributed by atoms with van der Waals surface area (Å²) >= 11 is 1.18. The van der Waals surface area contributed by atoms with Crippen molar-refractivity contribution in [3.8, 4) is 17.2 Å². The molecule has 3 amide bonds. The molecule has 12 heteroatoms. The number of aromatic nitrogens is 2. The molecule has 42 heavy (non-hydrogen) atoms. The highest BCUT2D eigenvalue weighted by molar-refractivity contribution is 7.21. The molecule has 0 bridgehead atoms. The lowest BCUT2D eigenvalue weighted by molar-refractivity contribution is 0.103. The quantitative estimate of drug-likeness (QED) is 0.251. The van der Waals surface area contributed by atoms with Crippen LogP contribution in [0.5, 0.6) is 17.2 Å². The third-order valence-corrected chi connectivity index (χ3v) is 8.53. The SMILES string of the molecule is COc1cc(NC(=O)c2sc3ncnc4c3c2NC(=O)N4c2cc(C)ccc2OC)ccc1OCCN1CCCCC1. The molecule has 4 aromatic rings. The molecule has 2 aliphatic rings. The number of methoxy groups -OCH3 is 2. The van der Waals surface area contributed by atoms with Crippen LogP contribution in [0.25, 0.3) is 10.2 Å². The number of ether oxygens (including phenoxy) is 3. The highest BCUT2D eigenvalue weighted by atomic mass is 32.1. The van der Waals surface area contributed by atoms with Gasteiger partial charge in [-0.1, -0.05) is 12.5 Å². The summed E-state index contributed by atoms with van der Waals surface area (Å²) < 4.78 is 17.1. The minimum absolute atomic E-state index is 0.316. The third kappa shape index (κ3) is 5.30. The van der Waals surface area contributed by atoms with Gasteiger partial charge in [-0.15, -0.1) is 11.3 Å². The number of aryl methyl sites for hydroxylation is 1. The standard InChI is InChI=1S/C30H32N6O5S/c1-18-7-9-21(39-2)20(15-18)36-27-24-25(34-30(36)38)26(42-29(24)32-17-31-27)28(37)33-19-8-10-22(23(16-19)40-3)41-14-13-35-11-5-4-6-12-35/h7-10,15-17H,4-6,11-14H2,1-3H3,(H,33,37)(H,34,38). The zero-order valence-electron chi connectivity index (χ0n) is 23.7. The molecule has 1 fully saturated rings. The van der Waals surface area contributed by atoms with Gasteiger partial charge in [0.25, 0.3) is 5.91 Å². The van der Waals surface area contributed by atoms with Crippen LogP contribution in [0.1, 0.15) is 34.5 Å². The Bertz CT molecular complexity index is 1650. The molecule has 2 aromatic carbocycles. The average Bonchev–Trinajstić information content (AvgIpc) is 3.38. The molecule has 0 atom stereocenters. The fourth-order valence-corrected chi connectivity index (χ4v) is 6.33. The average molecular weight is 589 g/mol. The number of likely N-dealkylation sites (tertiary alicyclic amines) is 1. The maximum atomic E-state index is 13.5. The van der Waals surface area contributed by atoms with Crippen molar-refractivity contribution in [1.82, 2.24) is 14.9 Å². The van der Waals surface area contributed by atoms with Gasteiger partial charge in [-0.25, -0.2) is 19.7 Å². The lowest BCUT2D eigenvalue weighted by atomic mass is 10.1. The summed E-state index contributed by atoms with van der Waals surface area (Å²) in [7, 11) is 3.12. The minimum atomic E-state index is -0.452. The van der Waals surface area contributed by atoms with Crippen molar-refractivity contribution in [3.05, 3.63) is 53.2 Å². The van der Waals surface area contributed by atoms with Gasteiger partial charge in [0.05, 0.1) is 31.0 Å². The summed E-state index contributed by atoms with van der Waals surface area (Å²) in [6.07, 6.45) is 5.15. The topological polar surface area (TPSA) is 118 Å². The summed E-state index contributed by atoms with van der Waals surface area (Å²) in [5, 5.41) is 6.41. The number of nitrogens with one attached hydrogen (secondary N) is 2. The fourth-order valence-electron chi connectivity index (χ4n) is 5.34. The molecule has 6 rings (SSSR count). The number of hydrogen-bond donors (Lipinski definition) is 2. The molecule has 2 N–H and O–H groups in total. The van der Waals surface area contributed by atoms with Gasteiger partial charge in [-0.05, 0) is 62.7 Å². The molecule has 2 aliphatic heterocycles. The Labute approximate surface area is 247 Å². The van der Waals surface area contributed by atoms with Crippen LogP contribution >= 0.6 is 11.3 Å². The van der Waals surface area contributed by atoms with Crippen LogP contribution in [-0.2, 0) is 0 Å². The number of hydrogen-bond acceptors (Lipinski definition) is 9. The summed E-state index contributed by atoms with van der Waals surface area (Å²) in [5.74, 6) is 1.65. The van der Waals surface area contributed by atoms with E-state index < -0.39 is 6.03 Å². The van der Waals surface area contributed by atoms with Gasteiger partial charge in [0.2, 0.25) is 0 Å². The monoisotopic (exact) mass is 588 g/mol. The van der Waals surface area contributed by atoms with Crippen LogP contribution in [0, 0.1) is 6.92 Å². The second kappa shape index (κ2) is 11.8. The lowest BCUT2D eigenvalue weighted by Gasteiger charge is -2.28. The van der Waals surface area contributed by atoms with E-state index in [1.165, 1.54) is 41.8 Å². The molecule has 0 aliphatic carbocycles. The highest BCUT2D eigenvalue weighted by Crippen LogP contribution is 2.46. The molecule has 0 saturated carbocycles. The molecule has 218 valence electrons. The van der Waals surface area contributed by atoms with E-state index >= 15 is 0 Å². The first-order valence-electron chi connectivity index (χ1n) is 13.8. The van der Waals surface area contributed by atoms with Crippen molar-refractivity contribution >= 4 is 56.4 Å². The fraction of sp³-hybridized carbons (Fsp3) is 0.333. The van der Waals surface area contributed by atoms with E-state index in [9.17, 15) is 9.59 Å². The Morgan fingerprint density at radius 1 is 1.02 bits per heavy atom. The van der Waals surface area contributed by atoms with Crippen molar-refractivity contribution in [2.45, 2.75) is 26.2 Å².